The van der Waals surface area contributed by atoms with Crippen LogP contribution >= 0.6 is 0 Å². The summed E-state index contributed by atoms with van der Waals surface area (Å²) in [5, 5.41) is 0. The zero-order valence-corrected chi connectivity index (χ0v) is 17.5. The highest BCUT2D eigenvalue weighted by Gasteiger charge is 2.40. The van der Waals surface area contributed by atoms with Gasteiger partial charge in [0, 0.05) is 31.5 Å². The van der Waals surface area contributed by atoms with E-state index >= 15 is 0 Å². The van der Waals surface area contributed by atoms with Gasteiger partial charge in [0.1, 0.15) is 5.69 Å². The molecule has 3 heterocycles. The third-order valence-corrected chi connectivity index (χ3v) is 6.17. The average molecular weight is 419 g/mol. The number of fused-ring (bicyclic) bond motifs is 1. The smallest absolute Gasteiger partial charge is 0.272 e. The van der Waals surface area contributed by atoms with Gasteiger partial charge in [0.05, 0.1) is 30.8 Å². The van der Waals surface area contributed by atoms with E-state index in [4.69, 9.17) is 9.47 Å². The number of nitrogens with zero attached hydrogens (tertiary/aromatic N) is 3. The van der Waals surface area contributed by atoms with Gasteiger partial charge in [-0.2, -0.15) is 0 Å². The molecule has 0 aliphatic carbocycles. The molecule has 0 unspecified atom stereocenters. The van der Waals surface area contributed by atoms with E-state index in [-0.39, 0.29) is 11.5 Å². The van der Waals surface area contributed by atoms with Crippen molar-refractivity contribution in [2.24, 2.45) is 0 Å². The maximum Gasteiger partial charge on any atom is 0.272 e. The lowest BCUT2D eigenvalue weighted by Gasteiger charge is -2.37. The van der Waals surface area contributed by atoms with Crippen LogP contribution in [0.4, 0.5) is 0 Å². The summed E-state index contributed by atoms with van der Waals surface area (Å²) >= 11 is 0. The van der Waals surface area contributed by atoms with Gasteiger partial charge in [-0.15, -0.1) is 0 Å². The molecule has 0 N–H and O–H groups in total. The Balaban J connectivity index is 1.43. The first-order chi connectivity index (χ1) is 15.0. The molecule has 1 aromatic heterocycles. The molecule has 7 heteroatoms. The molecule has 2 aliphatic heterocycles. The standard InChI is InChI=1S/C24H25N3O4/c1-17-22(28)27(16-18-5-3-2-4-6-18)21-8-7-19(15-20(21)25-17)23(29)26-11-9-24(10-12-26)30-13-14-31-24/h2-8,15H,9-14,16H2,1H3. The van der Waals surface area contributed by atoms with Gasteiger partial charge in [-0.05, 0) is 30.7 Å². The number of amides is 1. The molecular formula is C24H25N3O4. The van der Waals surface area contributed by atoms with Crippen LogP contribution in [-0.4, -0.2) is 52.4 Å². The maximum absolute atomic E-state index is 13.1. The minimum absolute atomic E-state index is 0.0324. The number of aromatic nitrogens is 2. The molecule has 2 aromatic carbocycles. The van der Waals surface area contributed by atoms with Crippen LogP contribution in [0.5, 0.6) is 0 Å². The zero-order valence-electron chi connectivity index (χ0n) is 17.5. The number of likely N-dealkylation sites (tertiary alicyclic amines) is 1. The Morgan fingerprint density at radius 2 is 1.77 bits per heavy atom. The fraction of sp³-hybridized carbons (Fsp3) is 0.375. The van der Waals surface area contributed by atoms with Crippen LogP contribution < -0.4 is 5.56 Å². The van der Waals surface area contributed by atoms with Crippen LogP contribution in [0.15, 0.2) is 53.3 Å². The van der Waals surface area contributed by atoms with E-state index in [1.54, 1.807) is 23.6 Å². The Kier molecular flexibility index (Phi) is 5.08. The van der Waals surface area contributed by atoms with Crippen molar-refractivity contribution in [1.82, 2.24) is 14.5 Å². The number of piperidine rings is 1. The Labute approximate surface area is 180 Å². The third-order valence-electron chi connectivity index (χ3n) is 6.17. The van der Waals surface area contributed by atoms with Crippen molar-refractivity contribution in [3.63, 3.8) is 0 Å². The molecule has 160 valence electrons. The lowest BCUT2D eigenvalue weighted by molar-refractivity contribution is -0.181. The van der Waals surface area contributed by atoms with Crippen LogP contribution in [0.3, 0.4) is 0 Å². The normalized spacial score (nSPS) is 18.0. The fourth-order valence-electron chi connectivity index (χ4n) is 4.45. The fourth-order valence-corrected chi connectivity index (χ4v) is 4.45. The third kappa shape index (κ3) is 3.75. The van der Waals surface area contributed by atoms with Crippen molar-refractivity contribution in [1.29, 1.82) is 0 Å². The van der Waals surface area contributed by atoms with Gasteiger partial charge < -0.3 is 18.9 Å². The maximum atomic E-state index is 13.1. The largest absolute Gasteiger partial charge is 0.347 e. The second-order valence-corrected chi connectivity index (χ2v) is 8.18. The topological polar surface area (TPSA) is 73.7 Å². The summed E-state index contributed by atoms with van der Waals surface area (Å²) < 4.78 is 13.2. The first-order valence-electron chi connectivity index (χ1n) is 10.7. The summed E-state index contributed by atoms with van der Waals surface area (Å²) in [5.74, 6) is -0.540. The van der Waals surface area contributed by atoms with Gasteiger partial charge >= 0.3 is 0 Å². The number of hydrogen-bond acceptors (Lipinski definition) is 5. The summed E-state index contributed by atoms with van der Waals surface area (Å²) in [6, 6.07) is 15.3. The number of benzene rings is 2. The van der Waals surface area contributed by atoms with Crippen LogP contribution in [0.2, 0.25) is 0 Å². The Morgan fingerprint density at radius 1 is 1.06 bits per heavy atom. The molecule has 5 rings (SSSR count). The number of ether oxygens (including phenoxy) is 2. The summed E-state index contributed by atoms with van der Waals surface area (Å²) in [7, 11) is 0. The predicted molar refractivity (Wildman–Crippen MR) is 116 cm³/mol. The van der Waals surface area contributed by atoms with E-state index in [1.807, 2.05) is 41.3 Å². The number of carbonyl (C=O) groups excluding carboxylic acids is 1. The van der Waals surface area contributed by atoms with Crippen LogP contribution in [0.1, 0.15) is 34.5 Å². The molecule has 2 fully saturated rings. The lowest BCUT2D eigenvalue weighted by atomic mass is 10.0. The first-order valence-corrected chi connectivity index (χ1v) is 10.7. The van der Waals surface area contributed by atoms with Crippen molar-refractivity contribution in [3.05, 3.63) is 75.7 Å². The van der Waals surface area contributed by atoms with E-state index in [1.165, 1.54) is 0 Å². The van der Waals surface area contributed by atoms with E-state index in [0.29, 0.717) is 62.5 Å². The molecule has 1 spiro atoms. The highest BCUT2D eigenvalue weighted by Crippen LogP contribution is 2.31. The van der Waals surface area contributed by atoms with Crippen LogP contribution in [0, 0.1) is 6.92 Å². The average Bonchev–Trinajstić information content (AvgIpc) is 3.25. The van der Waals surface area contributed by atoms with E-state index in [2.05, 4.69) is 4.98 Å². The van der Waals surface area contributed by atoms with Gasteiger partial charge in [-0.25, -0.2) is 4.98 Å². The minimum atomic E-state index is -0.508. The van der Waals surface area contributed by atoms with Crippen LogP contribution in [0.25, 0.3) is 11.0 Å². The predicted octanol–water partition coefficient (Wildman–Crippen LogP) is 2.73. The van der Waals surface area contributed by atoms with Gasteiger partial charge in [-0.1, -0.05) is 30.3 Å². The van der Waals surface area contributed by atoms with Crippen LogP contribution in [-0.2, 0) is 16.0 Å². The summed E-state index contributed by atoms with van der Waals surface area (Å²) in [6.07, 6.45) is 1.36. The molecule has 0 radical (unpaired) electrons. The Bertz CT molecular complexity index is 1170. The monoisotopic (exact) mass is 419 g/mol. The number of rotatable bonds is 3. The molecule has 1 amide bonds. The van der Waals surface area contributed by atoms with Gasteiger partial charge in [0.2, 0.25) is 0 Å². The number of carbonyl (C=O) groups is 1. The first kappa shape index (κ1) is 19.9. The van der Waals surface area contributed by atoms with Crippen molar-refractivity contribution < 1.29 is 14.3 Å². The van der Waals surface area contributed by atoms with Gasteiger partial charge in [-0.3, -0.25) is 9.59 Å². The Hall–Kier alpha value is -3.03. The molecule has 7 nitrogen and oxygen atoms in total. The second-order valence-electron chi connectivity index (χ2n) is 8.18. The van der Waals surface area contributed by atoms with Crippen molar-refractivity contribution >= 4 is 16.9 Å². The minimum Gasteiger partial charge on any atom is -0.347 e. The molecule has 2 saturated heterocycles. The quantitative estimate of drug-likeness (QED) is 0.653. The van der Waals surface area contributed by atoms with Gasteiger partial charge in [0.15, 0.2) is 5.79 Å². The van der Waals surface area contributed by atoms with Gasteiger partial charge in [0.25, 0.3) is 11.5 Å². The van der Waals surface area contributed by atoms with E-state index < -0.39 is 5.79 Å². The molecule has 3 aromatic rings. The summed E-state index contributed by atoms with van der Waals surface area (Å²) in [4.78, 5) is 32.2. The van der Waals surface area contributed by atoms with Crippen molar-refractivity contribution in [2.75, 3.05) is 26.3 Å². The molecule has 0 atom stereocenters. The zero-order chi connectivity index (χ0) is 21.4. The highest BCUT2D eigenvalue weighted by atomic mass is 16.7. The second kappa shape index (κ2) is 7.90. The van der Waals surface area contributed by atoms with E-state index in [9.17, 15) is 9.59 Å². The lowest BCUT2D eigenvalue weighted by Crippen LogP contribution is -2.47. The van der Waals surface area contributed by atoms with E-state index in [0.717, 1.165) is 11.1 Å². The molecule has 0 saturated carbocycles. The molecule has 2 aliphatic rings. The summed E-state index contributed by atoms with van der Waals surface area (Å²) in [6.45, 7) is 4.60. The number of aryl methyl sites for hydroxylation is 1. The van der Waals surface area contributed by atoms with Crippen molar-refractivity contribution in [2.45, 2.75) is 32.1 Å². The molecule has 31 heavy (non-hydrogen) atoms. The Morgan fingerprint density at radius 3 is 2.48 bits per heavy atom. The SMILES string of the molecule is Cc1nc2cc(C(=O)N3CCC4(CC3)OCCO4)ccc2n(Cc2ccccc2)c1=O. The number of hydrogen-bond donors (Lipinski definition) is 0. The molecular weight excluding hydrogens is 394 g/mol. The highest BCUT2D eigenvalue weighted by molar-refractivity contribution is 5.97. The summed E-state index contributed by atoms with van der Waals surface area (Å²) in [5.41, 5.74) is 3.29. The molecule has 0 bridgehead atoms. The van der Waals surface area contributed by atoms with Crippen molar-refractivity contribution in [3.8, 4) is 0 Å².